The zero-order valence-electron chi connectivity index (χ0n) is 11.9. The van der Waals surface area contributed by atoms with Gasteiger partial charge in [-0.05, 0) is 32.3 Å². The van der Waals surface area contributed by atoms with Gasteiger partial charge in [-0.3, -0.25) is 14.5 Å². The molecule has 3 nitrogen and oxygen atoms in total. The van der Waals surface area contributed by atoms with Crippen LogP contribution in [0.3, 0.4) is 0 Å². The summed E-state index contributed by atoms with van der Waals surface area (Å²) in [5.41, 5.74) is 2.20. The fourth-order valence-corrected chi connectivity index (χ4v) is 3.20. The largest absolute Gasteiger partial charge is 0.275 e. The number of carbonyl (C=O) groups is 2. The van der Waals surface area contributed by atoms with Gasteiger partial charge < -0.3 is 0 Å². The minimum atomic E-state index is -0.179. The van der Waals surface area contributed by atoms with Crippen molar-refractivity contribution in [2.45, 2.75) is 32.7 Å². The van der Waals surface area contributed by atoms with Gasteiger partial charge >= 0.3 is 0 Å². The number of imide groups is 1. The Hall–Kier alpha value is -1.90. The van der Waals surface area contributed by atoms with Crippen molar-refractivity contribution in [1.29, 1.82) is 0 Å². The number of nitrogens with zero attached hydrogens (tertiary/aromatic N) is 1. The number of hydrogen-bond donors (Lipinski definition) is 0. The lowest BCUT2D eigenvalue weighted by atomic mass is 9.85. The van der Waals surface area contributed by atoms with E-state index in [1.54, 1.807) is 0 Å². The lowest BCUT2D eigenvalue weighted by molar-refractivity contribution is -0.142. The Labute approximate surface area is 119 Å². The second-order valence-corrected chi connectivity index (χ2v) is 5.79. The van der Waals surface area contributed by atoms with E-state index in [9.17, 15) is 9.59 Å². The molecular formula is C17H19NO2. The van der Waals surface area contributed by atoms with E-state index in [4.69, 9.17) is 0 Å². The number of likely N-dealkylation sites (tertiary alicyclic amines) is 1. The van der Waals surface area contributed by atoms with E-state index in [1.807, 2.05) is 50.3 Å². The number of benzene rings is 1. The van der Waals surface area contributed by atoms with Crippen molar-refractivity contribution in [2.75, 3.05) is 0 Å². The number of allylic oxidation sites excluding steroid dienone is 2. The number of amides is 2. The maximum atomic E-state index is 12.5. The van der Waals surface area contributed by atoms with Crippen LogP contribution in [0, 0.1) is 18.8 Å². The summed E-state index contributed by atoms with van der Waals surface area (Å²) in [5, 5.41) is 0. The first kappa shape index (κ1) is 13.1. The van der Waals surface area contributed by atoms with Crippen molar-refractivity contribution in [3.8, 4) is 0 Å². The van der Waals surface area contributed by atoms with Crippen LogP contribution >= 0.6 is 0 Å². The molecule has 3 heteroatoms. The van der Waals surface area contributed by atoms with Gasteiger partial charge in [-0.1, -0.05) is 42.0 Å². The van der Waals surface area contributed by atoms with Crippen molar-refractivity contribution in [2.24, 2.45) is 11.8 Å². The van der Waals surface area contributed by atoms with Crippen LogP contribution in [0.4, 0.5) is 0 Å². The highest BCUT2D eigenvalue weighted by Crippen LogP contribution is 2.39. The Bertz CT molecular complexity index is 547. The zero-order chi connectivity index (χ0) is 14.3. The predicted molar refractivity (Wildman–Crippen MR) is 76.8 cm³/mol. The molecule has 1 aliphatic carbocycles. The highest BCUT2D eigenvalue weighted by Gasteiger charge is 2.48. The molecule has 20 heavy (non-hydrogen) atoms. The molecule has 0 radical (unpaired) electrons. The molecule has 0 unspecified atom stereocenters. The third-order valence-corrected chi connectivity index (χ3v) is 4.49. The van der Waals surface area contributed by atoms with Gasteiger partial charge in [0.2, 0.25) is 11.8 Å². The summed E-state index contributed by atoms with van der Waals surface area (Å²) in [7, 11) is 0. The molecule has 2 aliphatic rings. The van der Waals surface area contributed by atoms with Gasteiger partial charge in [-0.25, -0.2) is 0 Å². The first-order valence-electron chi connectivity index (χ1n) is 7.18. The Morgan fingerprint density at radius 1 is 1.00 bits per heavy atom. The topological polar surface area (TPSA) is 37.4 Å². The quantitative estimate of drug-likeness (QED) is 0.611. The Morgan fingerprint density at radius 2 is 1.50 bits per heavy atom. The van der Waals surface area contributed by atoms with Gasteiger partial charge in [0.1, 0.15) is 0 Å². The standard InChI is InChI=1S/C17H19NO2/c1-11-7-9-13(10-8-11)12(2)18-16(19)14-5-3-4-6-15(14)17(18)20/h3-4,7-10,12,14-15H,5-6H2,1-2H3/t12-,14+,15+/m1/s1. The van der Waals surface area contributed by atoms with Crippen LogP contribution in [0.25, 0.3) is 0 Å². The highest BCUT2D eigenvalue weighted by atomic mass is 16.2. The molecule has 1 saturated heterocycles. The van der Waals surface area contributed by atoms with Gasteiger partial charge in [0.25, 0.3) is 0 Å². The third kappa shape index (κ3) is 1.98. The SMILES string of the molecule is Cc1ccc([C@@H](C)N2C(=O)[C@H]3CC=CC[C@@H]3C2=O)cc1. The second-order valence-electron chi connectivity index (χ2n) is 5.79. The van der Waals surface area contributed by atoms with E-state index in [2.05, 4.69) is 0 Å². The highest BCUT2D eigenvalue weighted by molar-refractivity contribution is 6.05. The lowest BCUT2D eigenvalue weighted by Crippen LogP contribution is -2.33. The summed E-state index contributed by atoms with van der Waals surface area (Å²) in [6, 6.07) is 7.86. The van der Waals surface area contributed by atoms with Crippen LogP contribution in [-0.2, 0) is 9.59 Å². The predicted octanol–water partition coefficient (Wildman–Crippen LogP) is 3.01. The van der Waals surface area contributed by atoms with Gasteiger partial charge in [-0.15, -0.1) is 0 Å². The molecule has 2 amide bonds. The van der Waals surface area contributed by atoms with Crippen molar-refractivity contribution >= 4 is 11.8 Å². The van der Waals surface area contributed by atoms with E-state index >= 15 is 0 Å². The maximum absolute atomic E-state index is 12.5. The maximum Gasteiger partial charge on any atom is 0.233 e. The van der Waals surface area contributed by atoms with Crippen molar-refractivity contribution in [3.63, 3.8) is 0 Å². The molecule has 1 aromatic carbocycles. The monoisotopic (exact) mass is 269 g/mol. The van der Waals surface area contributed by atoms with E-state index in [-0.39, 0.29) is 29.7 Å². The zero-order valence-corrected chi connectivity index (χ0v) is 11.9. The molecule has 3 rings (SSSR count). The van der Waals surface area contributed by atoms with Crippen LogP contribution in [-0.4, -0.2) is 16.7 Å². The average molecular weight is 269 g/mol. The van der Waals surface area contributed by atoms with Crippen LogP contribution in [0.15, 0.2) is 36.4 Å². The van der Waals surface area contributed by atoms with Crippen LogP contribution in [0.5, 0.6) is 0 Å². The van der Waals surface area contributed by atoms with E-state index in [1.165, 1.54) is 10.5 Å². The van der Waals surface area contributed by atoms with Gasteiger partial charge in [-0.2, -0.15) is 0 Å². The summed E-state index contributed by atoms with van der Waals surface area (Å²) in [6.45, 7) is 3.96. The normalized spacial score (nSPS) is 26.8. The van der Waals surface area contributed by atoms with Crippen LogP contribution in [0.2, 0.25) is 0 Å². The number of hydrogen-bond acceptors (Lipinski definition) is 2. The van der Waals surface area contributed by atoms with Gasteiger partial charge in [0, 0.05) is 0 Å². The Morgan fingerprint density at radius 3 is 2.00 bits per heavy atom. The first-order chi connectivity index (χ1) is 9.59. The Kier molecular flexibility index (Phi) is 3.20. The molecule has 0 saturated carbocycles. The van der Waals surface area contributed by atoms with Crippen molar-refractivity contribution in [1.82, 2.24) is 4.90 Å². The summed E-state index contributed by atoms with van der Waals surface area (Å²) in [6.07, 6.45) is 5.44. The van der Waals surface area contributed by atoms with Crippen LogP contribution < -0.4 is 0 Å². The fraction of sp³-hybridized carbons (Fsp3) is 0.412. The Balaban J connectivity index is 1.88. The molecule has 0 N–H and O–H groups in total. The molecule has 1 aliphatic heterocycles. The van der Waals surface area contributed by atoms with Crippen LogP contribution in [0.1, 0.15) is 36.9 Å². The smallest absolute Gasteiger partial charge is 0.233 e. The number of aryl methyl sites for hydroxylation is 1. The number of rotatable bonds is 2. The molecule has 0 bridgehead atoms. The molecule has 1 aromatic rings. The first-order valence-corrected chi connectivity index (χ1v) is 7.18. The second kappa shape index (κ2) is 4.89. The molecule has 104 valence electrons. The summed E-state index contributed by atoms with van der Waals surface area (Å²) >= 11 is 0. The molecule has 0 aromatic heterocycles. The molecule has 1 heterocycles. The third-order valence-electron chi connectivity index (χ3n) is 4.49. The molecule has 0 spiro atoms. The van der Waals surface area contributed by atoms with Crippen molar-refractivity contribution < 1.29 is 9.59 Å². The molecule has 1 fully saturated rings. The van der Waals surface area contributed by atoms with E-state index in [0.717, 1.165) is 5.56 Å². The number of carbonyl (C=O) groups excluding carboxylic acids is 2. The van der Waals surface area contributed by atoms with Gasteiger partial charge in [0.15, 0.2) is 0 Å². The van der Waals surface area contributed by atoms with E-state index in [0.29, 0.717) is 12.8 Å². The molecular weight excluding hydrogens is 250 g/mol. The summed E-state index contributed by atoms with van der Waals surface area (Å²) in [5.74, 6) is -0.282. The fourth-order valence-electron chi connectivity index (χ4n) is 3.20. The summed E-state index contributed by atoms with van der Waals surface area (Å²) in [4.78, 5) is 26.5. The minimum absolute atomic E-state index is 0.00238. The minimum Gasteiger partial charge on any atom is -0.275 e. The molecule has 3 atom stereocenters. The summed E-state index contributed by atoms with van der Waals surface area (Å²) < 4.78 is 0. The lowest BCUT2D eigenvalue weighted by Gasteiger charge is -2.23. The van der Waals surface area contributed by atoms with Gasteiger partial charge in [0.05, 0.1) is 17.9 Å². The van der Waals surface area contributed by atoms with E-state index < -0.39 is 0 Å². The average Bonchev–Trinajstić information content (AvgIpc) is 2.72. The number of fused-ring (bicyclic) bond motifs is 1. The van der Waals surface area contributed by atoms with Crippen molar-refractivity contribution in [3.05, 3.63) is 47.5 Å².